The molecule has 2 nitrogen and oxygen atoms in total. The highest BCUT2D eigenvalue weighted by atomic mass is 16.4. The summed E-state index contributed by atoms with van der Waals surface area (Å²) in [6.45, 7) is 2.01. The van der Waals surface area contributed by atoms with Crippen LogP contribution in [-0.2, 0) is 4.79 Å². The van der Waals surface area contributed by atoms with Crippen LogP contribution in [0.2, 0.25) is 0 Å². The average molecular weight is 210 g/mol. The van der Waals surface area contributed by atoms with E-state index in [1.807, 2.05) is 19.1 Å². The van der Waals surface area contributed by atoms with Crippen molar-refractivity contribution in [2.24, 2.45) is 0 Å². The van der Waals surface area contributed by atoms with Crippen LogP contribution in [0, 0.1) is 0 Å². The largest absolute Gasteiger partial charge is 0.481 e. The summed E-state index contributed by atoms with van der Waals surface area (Å²) in [5, 5.41) is 8.42. The second-order valence-electron chi connectivity index (χ2n) is 3.65. The molecule has 0 unspecified atom stereocenters. The van der Waals surface area contributed by atoms with Crippen molar-refractivity contribution in [2.45, 2.75) is 51.9 Å². The molecule has 0 aliphatic rings. The molecule has 0 aliphatic heterocycles. The summed E-state index contributed by atoms with van der Waals surface area (Å²) in [6, 6.07) is 0. The number of rotatable bonds is 9. The Kier molecular flexibility index (Phi) is 10.3. The van der Waals surface area contributed by atoms with Gasteiger partial charge in [0.2, 0.25) is 0 Å². The first-order chi connectivity index (χ1) is 7.27. The Morgan fingerprint density at radius 2 is 1.73 bits per heavy atom. The van der Waals surface area contributed by atoms with Crippen LogP contribution in [-0.4, -0.2) is 11.1 Å². The molecular weight excluding hydrogens is 188 g/mol. The van der Waals surface area contributed by atoms with E-state index in [9.17, 15) is 4.79 Å². The molecule has 0 atom stereocenters. The van der Waals surface area contributed by atoms with Gasteiger partial charge in [0.1, 0.15) is 0 Å². The third-order valence-electron chi connectivity index (χ3n) is 2.20. The summed E-state index contributed by atoms with van der Waals surface area (Å²) in [7, 11) is 0. The third-order valence-corrected chi connectivity index (χ3v) is 2.20. The zero-order chi connectivity index (χ0) is 11.4. The number of carboxylic acid groups (broad SMARTS) is 1. The molecule has 0 fully saturated rings. The van der Waals surface area contributed by atoms with Crippen molar-refractivity contribution in [2.75, 3.05) is 0 Å². The lowest BCUT2D eigenvalue weighted by molar-refractivity contribution is -0.137. The lowest BCUT2D eigenvalue weighted by atomic mass is 10.1. The van der Waals surface area contributed by atoms with E-state index in [0.29, 0.717) is 6.42 Å². The van der Waals surface area contributed by atoms with Gasteiger partial charge in [0, 0.05) is 6.42 Å². The molecule has 86 valence electrons. The first kappa shape index (κ1) is 13.9. The predicted octanol–water partition coefficient (Wildman–Crippen LogP) is 3.93. The van der Waals surface area contributed by atoms with Gasteiger partial charge in [-0.15, -0.1) is 0 Å². The molecule has 0 saturated carbocycles. The van der Waals surface area contributed by atoms with Gasteiger partial charge < -0.3 is 5.11 Å². The van der Waals surface area contributed by atoms with Crippen LogP contribution in [0.4, 0.5) is 0 Å². The van der Waals surface area contributed by atoms with E-state index in [1.54, 1.807) is 0 Å². The van der Waals surface area contributed by atoms with Crippen molar-refractivity contribution in [3.8, 4) is 0 Å². The van der Waals surface area contributed by atoms with E-state index in [0.717, 1.165) is 25.7 Å². The van der Waals surface area contributed by atoms with Crippen molar-refractivity contribution in [1.29, 1.82) is 0 Å². The Hall–Kier alpha value is -1.05. The van der Waals surface area contributed by atoms with Gasteiger partial charge in [-0.1, -0.05) is 43.6 Å². The average Bonchev–Trinajstić information content (AvgIpc) is 2.20. The Morgan fingerprint density at radius 1 is 1.07 bits per heavy atom. The fourth-order valence-electron chi connectivity index (χ4n) is 1.35. The number of unbranched alkanes of at least 4 members (excludes halogenated alkanes) is 5. The molecule has 15 heavy (non-hydrogen) atoms. The van der Waals surface area contributed by atoms with Gasteiger partial charge in [-0.2, -0.15) is 0 Å². The highest BCUT2D eigenvalue weighted by molar-refractivity contribution is 5.66. The van der Waals surface area contributed by atoms with Crippen LogP contribution in [0.15, 0.2) is 24.3 Å². The van der Waals surface area contributed by atoms with Crippen LogP contribution in [0.5, 0.6) is 0 Å². The quantitative estimate of drug-likeness (QED) is 0.462. The number of aliphatic carboxylic acids is 1. The Bertz CT molecular complexity index is 205. The number of hydrogen-bond donors (Lipinski definition) is 1. The zero-order valence-electron chi connectivity index (χ0n) is 9.61. The van der Waals surface area contributed by atoms with Gasteiger partial charge >= 0.3 is 5.97 Å². The fraction of sp³-hybridized carbons (Fsp3) is 0.615. The summed E-state index contributed by atoms with van der Waals surface area (Å²) in [4.78, 5) is 10.2. The maximum absolute atomic E-state index is 10.2. The summed E-state index contributed by atoms with van der Waals surface area (Å²) in [5.74, 6) is -0.677. The molecule has 1 N–H and O–H groups in total. The van der Waals surface area contributed by atoms with E-state index in [1.165, 1.54) is 12.8 Å². The molecule has 0 heterocycles. The fourth-order valence-corrected chi connectivity index (χ4v) is 1.35. The molecule has 0 rings (SSSR count). The van der Waals surface area contributed by atoms with E-state index in [2.05, 4.69) is 12.2 Å². The normalized spacial score (nSPS) is 11.5. The maximum Gasteiger partial charge on any atom is 0.303 e. The molecule has 0 saturated heterocycles. The van der Waals surface area contributed by atoms with Gasteiger partial charge in [-0.25, -0.2) is 0 Å². The molecule has 0 spiro atoms. The molecule has 0 bridgehead atoms. The lowest BCUT2D eigenvalue weighted by Gasteiger charge is -1.97. The molecule has 0 aromatic heterocycles. The van der Waals surface area contributed by atoms with Crippen LogP contribution >= 0.6 is 0 Å². The summed E-state index contributed by atoms with van der Waals surface area (Å²) < 4.78 is 0. The molecule has 2 heteroatoms. The smallest absolute Gasteiger partial charge is 0.303 e. The van der Waals surface area contributed by atoms with E-state index >= 15 is 0 Å². The first-order valence-electron chi connectivity index (χ1n) is 5.77. The summed E-state index contributed by atoms with van der Waals surface area (Å²) in [6.07, 6.45) is 15.2. The van der Waals surface area contributed by atoms with Crippen molar-refractivity contribution in [3.05, 3.63) is 24.3 Å². The molecule has 0 aliphatic carbocycles. The van der Waals surface area contributed by atoms with Gasteiger partial charge in [0.25, 0.3) is 0 Å². The van der Waals surface area contributed by atoms with Gasteiger partial charge in [0.05, 0.1) is 0 Å². The van der Waals surface area contributed by atoms with Gasteiger partial charge in [-0.05, 0) is 26.2 Å². The molecule has 0 radical (unpaired) electrons. The minimum absolute atomic E-state index is 0.321. The molecule has 0 amide bonds. The standard InChI is InChI=1S/C13H22O2/c1-2-3-4-5-6-7-8-9-10-11-12-13(14)15/h2-5H,6-12H2,1H3,(H,14,15)/b3-2+,5-4-. The minimum atomic E-state index is -0.677. The van der Waals surface area contributed by atoms with Crippen LogP contribution in [0.1, 0.15) is 51.9 Å². The van der Waals surface area contributed by atoms with Crippen LogP contribution < -0.4 is 0 Å². The maximum atomic E-state index is 10.2. The van der Waals surface area contributed by atoms with Crippen molar-refractivity contribution in [1.82, 2.24) is 0 Å². The topological polar surface area (TPSA) is 37.3 Å². The highest BCUT2D eigenvalue weighted by Gasteiger charge is 1.95. The van der Waals surface area contributed by atoms with Crippen LogP contribution in [0.3, 0.4) is 0 Å². The Morgan fingerprint density at radius 3 is 2.40 bits per heavy atom. The number of carbonyl (C=O) groups is 1. The highest BCUT2D eigenvalue weighted by Crippen LogP contribution is 2.07. The van der Waals surface area contributed by atoms with E-state index in [4.69, 9.17) is 5.11 Å². The second kappa shape index (κ2) is 11.0. The van der Waals surface area contributed by atoms with Gasteiger partial charge in [0.15, 0.2) is 0 Å². The van der Waals surface area contributed by atoms with Crippen LogP contribution in [0.25, 0.3) is 0 Å². The number of allylic oxidation sites excluding steroid dienone is 4. The zero-order valence-corrected chi connectivity index (χ0v) is 9.61. The second-order valence-corrected chi connectivity index (χ2v) is 3.65. The first-order valence-corrected chi connectivity index (χ1v) is 5.77. The van der Waals surface area contributed by atoms with E-state index in [-0.39, 0.29) is 0 Å². The number of carboxylic acids is 1. The van der Waals surface area contributed by atoms with Crippen molar-refractivity contribution in [3.63, 3.8) is 0 Å². The summed E-state index contributed by atoms with van der Waals surface area (Å²) in [5.41, 5.74) is 0. The van der Waals surface area contributed by atoms with Gasteiger partial charge in [-0.3, -0.25) is 4.79 Å². The third kappa shape index (κ3) is 12.9. The molecule has 0 aromatic rings. The SMILES string of the molecule is C/C=C/C=C\CCCCCCCC(=O)O. The van der Waals surface area contributed by atoms with E-state index < -0.39 is 5.97 Å². The lowest BCUT2D eigenvalue weighted by Crippen LogP contribution is -1.93. The predicted molar refractivity (Wildman–Crippen MR) is 63.9 cm³/mol. The minimum Gasteiger partial charge on any atom is -0.481 e. The Balaban J connectivity index is 3.08. The van der Waals surface area contributed by atoms with Crippen molar-refractivity contribution < 1.29 is 9.90 Å². The Labute approximate surface area is 92.7 Å². The number of hydrogen-bond acceptors (Lipinski definition) is 1. The molecular formula is C13H22O2. The molecule has 0 aromatic carbocycles. The van der Waals surface area contributed by atoms with Crippen molar-refractivity contribution >= 4 is 5.97 Å². The summed E-state index contributed by atoms with van der Waals surface area (Å²) >= 11 is 0. The monoisotopic (exact) mass is 210 g/mol.